The van der Waals surface area contributed by atoms with Gasteiger partial charge in [0.25, 0.3) is 0 Å². The fraction of sp³-hybridized carbons (Fsp3) is 0.579. The fourth-order valence-corrected chi connectivity index (χ4v) is 9.76. The number of carboxylic acid groups (broad SMARTS) is 2. The minimum absolute atomic E-state index is 0.00327. The molecule has 2 aromatic carbocycles. The summed E-state index contributed by atoms with van der Waals surface area (Å²) >= 11 is 1.32. The Morgan fingerprint density at radius 3 is 1.86 bits per heavy atom. The molecule has 3 rings (SSSR count). The van der Waals surface area contributed by atoms with Crippen molar-refractivity contribution in [2.45, 2.75) is 165 Å². The van der Waals surface area contributed by atoms with Crippen molar-refractivity contribution < 1.29 is 73.2 Å². The van der Waals surface area contributed by atoms with Gasteiger partial charge in [0, 0.05) is 19.5 Å². The molecular formula is C57H88N14O15S. The third kappa shape index (κ3) is 25.4. The highest BCUT2D eigenvalue weighted by Gasteiger charge is 2.42. The van der Waals surface area contributed by atoms with Crippen LogP contribution in [0, 0.1) is 11.3 Å². The lowest BCUT2D eigenvalue weighted by atomic mass is 9.98. The molecule has 1 aliphatic heterocycles. The van der Waals surface area contributed by atoms with Crippen molar-refractivity contribution in [3.05, 3.63) is 65.7 Å². The number of likely N-dealkylation sites (tertiary alicyclic amines) is 1. The Kier molecular flexibility index (Phi) is 30.9. The lowest BCUT2D eigenvalue weighted by Crippen LogP contribution is -2.62. The molecule has 1 saturated heterocycles. The predicted molar refractivity (Wildman–Crippen MR) is 322 cm³/mol. The standard InChI is InChI=1S/C57H88N14O15S/c1-32(2)27-40(51(81)70-57(3,4)55(86)69-39(54(84)85)16-11-24-62-56(60)61)67-52(82)44-17-12-25-71(44)53(83)38(22-26-87-5)64-49(79)42(30-45(74)75)66-47(77)37(15-9-10-23-58)63-48(78)41(29-33-13-7-6-8-14-33)65-50(80)43(31-72)68-46(76)36(59)28-34-18-20-35(73)21-19-34/h6-8,13-14,18-21,32,36-44,72-73H,9-12,15-17,22-31,58-59H2,1-5H3,(H,63,78)(H,64,79)(H,65,80)(H,66,77)(H,67,82)(H,68,76)(H,69,86)(H,70,81)(H,74,75)(H,84,85)(H4,60,61,62)/t36-,37-,38-,39-,40-,41-,42-,43-,44-/m0/s1. The molecule has 0 saturated carbocycles. The van der Waals surface area contributed by atoms with E-state index in [1.165, 1.54) is 42.6 Å². The van der Waals surface area contributed by atoms with Gasteiger partial charge in [0.2, 0.25) is 53.2 Å². The molecule has 0 aliphatic carbocycles. The molecule has 0 radical (unpaired) electrons. The van der Waals surface area contributed by atoms with Gasteiger partial charge in [-0.1, -0.05) is 56.3 Å². The number of phenolic OH excluding ortho intramolecular Hbond substituents is 1. The molecular weight excluding hydrogens is 1150 g/mol. The molecule has 2 aromatic rings. The Morgan fingerprint density at radius 1 is 0.690 bits per heavy atom. The van der Waals surface area contributed by atoms with Gasteiger partial charge in [-0.05, 0) is 126 Å². The van der Waals surface area contributed by atoms with Crippen LogP contribution in [0.3, 0.4) is 0 Å². The molecule has 0 aromatic heterocycles. The van der Waals surface area contributed by atoms with E-state index < -0.39 is 138 Å². The molecule has 30 heteroatoms. The summed E-state index contributed by atoms with van der Waals surface area (Å²) in [5, 5.41) is 69.8. The van der Waals surface area contributed by atoms with Crippen LogP contribution in [-0.2, 0) is 65.6 Å². The molecule has 0 bridgehead atoms. The zero-order valence-electron chi connectivity index (χ0n) is 49.9. The highest BCUT2D eigenvalue weighted by atomic mass is 32.2. The Labute approximate surface area is 509 Å². The number of amides is 9. The first-order chi connectivity index (χ1) is 41.1. The number of carbonyl (C=O) groups excluding carboxylic acids is 9. The summed E-state index contributed by atoms with van der Waals surface area (Å²) in [6, 6.07) is 1.66. The van der Waals surface area contributed by atoms with Crippen molar-refractivity contribution in [1.29, 1.82) is 5.41 Å². The van der Waals surface area contributed by atoms with E-state index in [0.717, 1.165) is 0 Å². The number of phenols is 1. The van der Waals surface area contributed by atoms with Gasteiger partial charge >= 0.3 is 11.9 Å². The third-order valence-electron chi connectivity index (χ3n) is 14.0. The Hall–Kier alpha value is -8.09. The number of aliphatic carboxylic acids is 2. The number of unbranched alkanes of at least 4 members (excludes halogenated alkanes) is 1. The van der Waals surface area contributed by atoms with Gasteiger partial charge in [-0.25, -0.2) is 4.79 Å². The number of nitrogens with one attached hydrogen (secondary N) is 10. The summed E-state index contributed by atoms with van der Waals surface area (Å²) in [6.07, 6.45) is 1.86. The number of thioether (sulfide) groups is 1. The highest BCUT2D eigenvalue weighted by Crippen LogP contribution is 2.22. The maximum absolute atomic E-state index is 14.5. The zero-order valence-corrected chi connectivity index (χ0v) is 50.7. The van der Waals surface area contributed by atoms with E-state index in [-0.39, 0.29) is 101 Å². The first-order valence-electron chi connectivity index (χ1n) is 28.8. The van der Waals surface area contributed by atoms with E-state index in [1.807, 2.05) is 0 Å². The van der Waals surface area contributed by atoms with Crippen molar-refractivity contribution in [2.24, 2.45) is 23.1 Å². The van der Waals surface area contributed by atoms with E-state index in [9.17, 15) is 73.2 Å². The maximum Gasteiger partial charge on any atom is 0.326 e. The molecule has 87 heavy (non-hydrogen) atoms. The van der Waals surface area contributed by atoms with E-state index >= 15 is 0 Å². The van der Waals surface area contributed by atoms with Crippen LogP contribution in [0.15, 0.2) is 54.6 Å². The maximum atomic E-state index is 14.5. The number of aliphatic hydroxyl groups is 1. The minimum Gasteiger partial charge on any atom is -0.508 e. The van der Waals surface area contributed by atoms with Crippen molar-refractivity contribution >= 4 is 82.8 Å². The van der Waals surface area contributed by atoms with E-state index in [2.05, 4.69) is 47.9 Å². The summed E-state index contributed by atoms with van der Waals surface area (Å²) < 4.78 is 0. The van der Waals surface area contributed by atoms with Crippen molar-refractivity contribution in [3.8, 4) is 5.75 Å². The van der Waals surface area contributed by atoms with E-state index in [4.69, 9.17) is 22.6 Å². The molecule has 1 heterocycles. The van der Waals surface area contributed by atoms with Gasteiger partial charge < -0.3 is 90.4 Å². The molecule has 9 amide bonds. The normalized spacial score (nSPS) is 15.8. The zero-order chi connectivity index (χ0) is 65.0. The van der Waals surface area contributed by atoms with E-state index in [1.54, 1.807) is 62.6 Å². The van der Waals surface area contributed by atoms with Crippen LogP contribution in [0.25, 0.3) is 0 Å². The number of nitrogens with zero attached hydrogens (tertiary/aromatic N) is 1. The van der Waals surface area contributed by atoms with E-state index in [0.29, 0.717) is 24.0 Å². The fourth-order valence-electron chi connectivity index (χ4n) is 9.29. The largest absolute Gasteiger partial charge is 0.508 e. The Morgan fingerprint density at radius 2 is 1.26 bits per heavy atom. The average molecular weight is 1240 g/mol. The molecule has 1 fully saturated rings. The molecule has 20 N–H and O–H groups in total. The van der Waals surface area contributed by atoms with Crippen LogP contribution in [0.4, 0.5) is 0 Å². The van der Waals surface area contributed by atoms with Gasteiger partial charge in [0.1, 0.15) is 59.6 Å². The smallest absolute Gasteiger partial charge is 0.326 e. The number of hydrogen-bond acceptors (Lipinski definition) is 17. The summed E-state index contributed by atoms with van der Waals surface area (Å²) in [6.45, 7) is 5.78. The average Bonchev–Trinajstić information content (AvgIpc) is 3.33. The third-order valence-corrected chi connectivity index (χ3v) is 14.7. The monoisotopic (exact) mass is 1240 g/mol. The topological polar surface area (TPSA) is 482 Å². The minimum atomic E-state index is -1.84. The Bertz CT molecular complexity index is 2670. The van der Waals surface area contributed by atoms with Gasteiger partial charge in [-0.2, -0.15) is 11.8 Å². The van der Waals surface area contributed by atoms with Crippen molar-refractivity contribution in [2.75, 3.05) is 38.2 Å². The lowest BCUT2D eigenvalue weighted by Gasteiger charge is -2.32. The number of carboxylic acids is 2. The van der Waals surface area contributed by atoms with Crippen LogP contribution in [0.1, 0.15) is 103 Å². The molecule has 9 atom stereocenters. The van der Waals surface area contributed by atoms with Gasteiger partial charge in [-0.3, -0.25) is 53.4 Å². The SMILES string of the molecule is CSCC[C@H](NC(=O)[C@H](CC(=O)O)NC(=O)[C@H](CCCCN)NC(=O)[C@H](Cc1ccccc1)NC(=O)[C@H](CO)NC(=O)[C@@H](N)Cc1ccc(O)cc1)C(=O)N1CCC[C@H]1C(=O)N[C@@H](CC(C)C)C(=O)NC(C)(C)C(=O)N[C@@H](CCCNC(=N)N)C(=O)O. The summed E-state index contributed by atoms with van der Waals surface area (Å²) in [7, 11) is 0. The van der Waals surface area contributed by atoms with Gasteiger partial charge in [0.05, 0.1) is 19.1 Å². The van der Waals surface area contributed by atoms with Gasteiger partial charge in [0.15, 0.2) is 5.96 Å². The number of guanidine groups is 1. The van der Waals surface area contributed by atoms with Crippen LogP contribution >= 0.6 is 11.8 Å². The van der Waals surface area contributed by atoms with Crippen LogP contribution in [0.5, 0.6) is 5.75 Å². The number of rotatable bonds is 38. The summed E-state index contributed by atoms with van der Waals surface area (Å²) in [5.41, 5.74) is 16.6. The second kappa shape index (κ2) is 36.8. The predicted octanol–water partition coefficient (Wildman–Crippen LogP) is -2.47. The Balaban J connectivity index is 1.83. The van der Waals surface area contributed by atoms with Gasteiger partial charge in [-0.15, -0.1) is 0 Å². The molecule has 29 nitrogen and oxygen atoms in total. The van der Waals surface area contributed by atoms with Crippen LogP contribution in [0.2, 0.25) is 0 Å². The second-order valence-electron chi connectivity index (χ2n) is 22.2. The lowest BCUT2D eigenvalue weighted by molar-refractivity contribution is -0.144. The number of carbonyl (C=O) groups is 11. The summed E-state index contributed by atoms with van der Waals surface area (Å²) in [4.78, 5) is 151. The first kappa shape index (κ1) is 73.2. The first-order valence-corrected chi connectivity index (χ1v) is 30.2. The van der Waals surface area contributed by atoms with Crippen LogP contribution < -0.4 is 65.1 Å². The number of aromatic hydroxyl groups is 1. The number of nitrogens with two attached hydrogens (primary N) is 3. The van der Waals surface area contributed by atoms with Crippen molar-refractivity contribution in [1.82, 2.24) is 52.8 Å². The molecule has 1 aliphatic rings. The number of aliphatic hydroxyl groups excluding tert-OH is 1. The quantitative estimate of drug-likeness (QED) is 0.0188. The molecule has 482 valence electrons. The number of hydrogen-bond donors (Lipinski definition) is 17. The number of benzene rings is 2. The molecule has 0 unspecified atom stereocenters. The van der Waals surface area contributed by atoms with Crippen molar-refractivity contribution in [3.63, 3.8) is 0 Å². The van der Waals surface area contributed by atoms with Crippen LogP contribution in [-0.4, -0.2) is 195 Å². The highest BCUT2D eigenvalue weighted by molar-refractivity contribution is 7.98. The summed E-state index contributed by atoms with van der Waals surface area (Å²) in [5.74, 6) is -10.9. The second-order valence-corrected chi connectivity index (χ2v) is 23.1. The molecule has 0 spiro atoms.